The van der Waals surface area contributed by atoms with Crippen molar-refractivity contribution in [2.75, 3.05) is 34.4 Å². The minimum atomic E-state index is -0.318. The van der Waals surface area contributed by atoms with Gasteiger partial charge in [0, 0.05) is 13.1 Å². The van der Waals surface area contributed by atoms with Crippen LogP contribution in [0.15, 0.2) is 12.1 Å². The molecule has 21 heavy (non-hydrogen) atoms. The molecule has 1 saturated heterocycles. The summed E-state index contributed by atoms with van der Waals surface area (Å²) in [5.74, 6) is 1.16. The van der Waals surface area contributed by atoms with Crippen molar-refractivity contribution in [1.29, 1.82) is 0 Å². The van der Waals surface area contributed by atoms with Crippen molar-refractivity contribution in [2.45, 2.75) is 18.9 Å². The average Bonchev–Trinajstić information content (AvgIpc) is 2.53. The molecule has 1 amide bonds. The number of likely N-dealkylation sites (tertiary alicyclic amines) is 1. The van der Waals surface area contributed by atoms with Crippen LogP contribution >= 0.6 is 0 Å². The first-order chi connectivity index (χ1) is 10.1. The van der Waals surface area contributed by atoms with E-state index in [4.69, 9.17) is 14.2 Å². The van der Waals surface area contributed by atoms with Crippen molar-refractivity contribution in [3.8, 4) is 17.2 Å². The Morgan fingerprint density at radius 3 is 2.24 bits per heavy atom. The summed E-state index contributed by atoms with van der Waals surface area (Å²) in [6, 6.07) is 3.36. The van der Waals surface area contributed by atoms with Crippen LogP contribution in [0.4, 0.5) is 0 Å². The summed E-state index contributed by atoms with van der Waals surface area (Å²) in [4.78, 5) is 14.3. The molecule has 6 heteroatoms. The van der Waals surface area contributed by atoms with Crippen molar-refractivity contribution < 1.29 is 24.1 Å². The Labute approximate surface area is 124 Å². The van der Waals surface area contributed by atoms with Crippen LogP contribution in [0.1, 0.15) is 23.2 Å². The maximum Gasteiger partial charge on any atom is 0.257 e. The SMILES string of the molecule is COc1ccc(C(=O)N2CCC(O)CC2)c(OC)c1OC. The molecule has 1 aromatic carbocycles. The van der Waals surface area contributed by atoms with Crippen molar-refractivity contribution in [1.82, 2.24) is 4.90 Å². The van der Waals surface area contributed by atoms with E-state index in [1.807, 2.05) is 0 Å². The van der Waals surface area contributed by atoms with Crippen LogP contribution in [0.2, 0.25) is 0 Å². The second-order valence-corrected chi connectivity index (χ2v) is 4.91. The van der Waals surface area contributed by atoms with Gasteiger partial charge in [-0.2, -0.15) is 0 Å². The standard InChI is InChI=1S/C15H21NO5/c1-19-12-5-4-11(13(20-2)14(12)21-3)15(18)16-8-6-10(17)7-9-16/h4-5,10,17H,6-9H2,1-3H3. The Hall–Kier alpha value is -1.95. The first-order valence-corrected chi connectivity index (χ1v) is 6.88. The van der Waals surface area contributed by atoms with Crippen LogP contribution in [0.5, 0.6) is 17.2 Å². The largest absolute Gasteiger partial charge is 0.493 e. The number of nitrogens with zero attached hydrogens (tertiary/aromatic N) is 1. The van der Waals surface area contributed by atoms with Gasteiger partial charge < -0.3 is 24.2 Å². The lowest BCUT2D eigenvalue weighted by Crippen LogP contribution is -2.40. The van der Waals surface area contributed by atoms with Crippen molar-refractivity contribution in [3.05, 3.63) is 17.7 Å². The van der Waals surface area contributed by atoms with Gasteiger partial charge in [0.15, 0.2) is 11.5 Å². The van der Waals surface area contributed by atoms with E-state index in [1.165, 1.54) is 21.3 Å². The monoisotopic (exact) mass is 295 g/mol. The number of carbonyl (C=O) groups is 1. The number of ether oxygens (including phenoxy) is 3. The van der Waals surface area contributed by atoms with E-state index in [-0.39, 0.29) is 12.0 Å². The van der Waals surface area contributed by atoms with Gasteiger partial charge in [-0.05, 0) is 25.0 Å². The number of carbonyl (C=O) groups excluding carboxylic acids is 1. The van der Waals surface area contributed by atoms with Gasteiger partial charge in [-0.25, -0.2) is 0 Å². The molecule has 1 aliphatic heterocycles. The predicted octanol–water partition coefficient (Wildman–Crippen LogP) is 1.31. The fourth-order valence-corrected chi connectivity index (χ4v) is 2.51. The zero-order valence-electron chi connectivity index (χ0n) is 12.6. The second kappa shape index (κ2) is 6.67. The molecular weight excluding hydrogens is 274 g/mol. The molecule has 0 radical (unpaired) electrons. The fourth-order valence-electron chi connectivity index (χ4n) is 2.51. The molecule has 1 N–H and O–H groups in total. The molecule has 1 heterocycles. The highest BCUT2D eigenvalue weighted by Gasteiger charge is 2.27. The summed E-state index contributed by atoms with van der Waals surface area (Å²) < 4.78 is 15.8. The normalized spacial score (nSPS) is 15.7. The van der Waals surface area contributed by atoms with E-state index in [2.05, 4.69) is 0 Å². The maximum absolute atomic E-state index is 12.6. The summed E-state index contributed by atoms with van der Waals surface area (Å²) >= 11 is 0. The minimum Gasteiger partial charge on any atom is -0.493 e. The van der Waals surface area contributed by atoms with Gasteiger partial charge in [0.1, 0.15) is 0 Å². The maximum atomic E-state index is 12.6. The second-order valence-electron chi connectivity index (χ2n) is 4.91. The molecule has 1 aliphatic rings. The van der Waals surface area contributed by atoms with E-state index in [1.54, 1.807) is 17.0 Å². The van der Waals surface area contributed by atoms with Gasteiger partial charge in [-0.3, -0.25) is 4.79 Å². The third-order valence-electron chi connectivity index (χ3n) is 3.69. The van der Waals surface area contributed by atoms with E-state index < -0.39 is 0 Å². The van der Waals surface area contributed by atoms with Crippen LogP contribution in [0.25, 0.3) is 0 Å². The van der Waals surface area contributed by atoms with Crippen LogP contribution in [-0.2, 0) is 0 Å². The van der Waals surface area contributed by atoms with E-state index in [0.717, 1.165) is 0 Å². The summed E-state index contributed by atoms with van der Waals surface area (Å²) in [6.45, 7) is 1.08. The van der Waals surface area contributed by atoms with Crippen LogP contribution < -0.4 is 14.2 Å². The molecule has 0 atom stereocenters. The molecule has 0 saturated carbocycles. The Morgan fingerprint density at radius 2 is 1.71 bits per heavy atom. The van der Waals surface area contributed by atoms with Gasteiger partial charge in [0.25, 0.3) is 5.91 Å². The Balaban J connectivity index is 2.32. The number of methoxy groups -OCH3 is 3. The van der Waals surface area contributed by atoms with Gasteiger partial charge in [0.2, 0.25) is 5.75 Å². The number of rotatable bonds is 4. The number of aliphatic hydroxyl groups excluding tert-OH is 1. The van der Waals surface area contributed by atoms with Crippen LogP contribution in [-0.4, -0.2) is 56.4 Å². The summed E-state index contributed by atoms with van der Waals surface area (Å²) in [6.07, 6.45) is 0.879. The number of hydrogen-bond donors (Lipinski definition) is 1. The fraction of sp³-hybridized carbons (Fsp3) is 0.533. The predicted molar refractivity (Wildman–Crippen MR) is 77.2 cm³/mol. The average molecular weight is 295 g/mol. The zero-order chi connectivity index (χ0) is 15.4. The lowest BCUT2D eigenvalue weighted by atomic mass is 10.1. The summed E-state index contributed by atoms with van der Waals surface area (Å²) in [5.41, 5.74) is 0.437. The number of hydrogen-bond acceptors (Lipinski definition) is 5. The van der Waals surface area contributed by atoms with Crippen LogP contribution in [0, 0.1) is 0 Å². The van der Waals surface area contributed by atoms with Gasteiger partial charge in [-0.15, -0.1) is 0 Å². The Bertz CT molecular complexity index is 509. The number of amides is 1. The molecular formula is C15H21NO5. The topological polar surface area (TPSA) is 68.2 Å². The number of benzene rings is 1. The van der Waals surface area contributed by atoms with Crippen molar-refractivity contribution in [2.24, 2.45) is 0 Å². The molecule has 6 nitrogen and oxygen atoms in total. The molecule has 2 rings (SSSR count). The highest BCUT2D eigenvalue weighted by Crippen LogP contribution is 2.40. The highest BCUT2D eigenvalue weighted by molar-refractivity contribution is 5.98. The molecule has 0 unspecified atom stereocenters. The Kier molecular flexibility index (Phi) is 4.90. The van der Waals surface area contributed by atoms with Crippen molar-refractivity contribution >= 4 is 5.91 Å². The number of piperidine rings is 1. The smallest absolute Gasteiger partial charge is 0.257 e. The first-order valence-electron chi connectivity index (χ1n) is 6.88. The quantitative estimate of drug-likeness (QED) is 0.907. The molecule has 116 valence electrons. The summed E-state index contributed by atoms with van der Waals surface area (Å²) in [5, 5.41) is 9.53. The van der Waals surface area contributed by atoms with Gasteiger partial charge in [-0.1, -0.05) is 0 Å². The van der Waals surface area contributed by atoms with Crippen molar-refractivity contribution in [3.63, 3.8) is 0 Å². The van der Waals surface area contributed by atoms with E-state index in [9.17, 15) is 9.90 Å². The lowest BCUT2D eigenvalue weighted by Gasteiger charge is -2.30. The van der Waals surface area contributed by atoms with E-state index in [0.29, 0.717) is 48.7 Å². The first kappa shape index (κ1) is 15.4. The molecule has 1 fully saturated rings. The molecule has 0 bridgehead atoms. The third-order valence-corrected chi connectivity index (χ3v) is 3.69. The molecule has 0 spiro atoms. The molecule has 0 aromatic heterocycles. The third kappa shape index (κ3) is 3.05. The molecule has 1 aromatic rings. The van der Waals surface area contributed by atoms with Gasteiger partial charge in [0.05, 0.1) is 33.0 Å². The number of aliphatic hydroxyl groups is 1. The minimum absolute atomic E-state index is 0.125. The Morgan fingerprint density at radius 1 is 1.10 bits per heavy atom. The van der Waals surface area contributed by atoms with Crippen LogP contribution in [0.3, 0.4) is 0 Å². The van der Waals surface area contributed by atoms with E-state index >= 15 is 0 Å². The zero-order valence-corrected chi connectivity index (χ0v) is 12.6. The molecule has 0 aliphatic carbocycles. The lowest BCUT2D eigenvalue weighted by molar-refractivity contribution is 0.0543. The van der Waals surface area contributed by atoms with Gasteiger partial charge >= 0.3 is 0 Å². The summed E-state index contributed by atoms with van der Waals surface area (Å²) in [7, 11) is 4.53. The highest BCUT2D eigenvalue weighted by atomic mass is 16.5.